The molecule has 0 N–H and O–H groups in total. The van der Waals surface area contributed by atoms with Gasteiger partial charge in [-0.2, -0.15) is 5.26 Å². The molecule has 1 aliphatic heterocycles. The summed E-state index contributed by atoms with van der Waals surface area (Å²) >= 11 is 0. The molecule has 0 atom stereocenters. The lowest BCUT2D eigenvalue weighted by Crippen LogP contribution is -2.30. The van der Waals surface area contributed by atoms with Crippen molar-refractivity contribution in [1.82, 2.24) is 4.57 Å². The summed E-state index contributed by atoms with van der Waals surface area (Å²) in [4.78, 5) is 36.1. The zero-order chi connectivity index (χ0) is 45.1. The van der Waals surface area contributed by atoms with Gasteiger partial charge in [-0.25, -0.2) is 9.74 Å². The van der Waals surface area contributed by atoms with Crippen LogP contribution in [0.25, 0.3) is 88.0 Å². The van der Waals surface area contributed by atoms with E-state index in [2.05, 4.69) is 64.0 Å². The molecule has 0 aliphatic carbocycles. The van der Waals surface area contributed by atoms with Gasteiger partial charge in [-0.15, -0.1) is 0 Å². The number of hydrogen-bond donors (Lipinski definition) is 0. The fourth-order valence-corrected chi connectivity index (χ4v) is 9.88. The largest absolute Gasteiger partial charge is 0.308 e. The summed E-state index contributed by atoms with van der Waals surface area (Å²) in [6, 6.07) is 66.0. The van der Waals surface area contributed by atoms with Gasteiger partial charge >= 0.3 is 0 Å². The molecule has 2 amide bonds. The number of carbonyl (C=O) groups is 2. The molecule has 0 saturated heterocycles. The van der Waals surface area contributed by atoms with E-state index >= 15 is 9.59 Å². The van der Waals surface area contributed by atoms with Crippen molar-refractivity contribution in [1.29, 1.82) is 5.26 Å². The molecule has 11 rings (SSSR count). The van der Waals surface area contributed by atoms with E-state index in [1.807, 2.05) is 153 Å². The number of aryl methyl sites for hydroxylation is 2. The van der Waals surface area contributed by atoms with E-state index in [9.17, 15) is 5.26 Å². The Labute approximate surface area is 382 Å². The Kier molecular flexibility index (Phi) is 9.58. The summed E-state index contributed by atoms with van der Waals surface area (Å²) in [7, 11) is 0. The van der Waals surface area contributed by atoms with Crippen LogP contribution in [0.5, 0.6) is 0 Å². The lowest BCUT2D eigenvalue weighted by molar-refractivity contribution is 0.0926. The van der Waals surface area contributed by atoms with E-state index in [1.165, 1.54) is 4.90 Å². The summed E-state index contributed by atoms with van der Waals surface area (Å²) in [6.45, 7) is 11.7. The summed E-state index contributed by atoms with van der Waals surface area (Å²) in [5.41, 5.74) is 15.6. The minimum Gasteiger partial charge on any atom is -0.308 e. The van der Waals surface area contributed by atoms with Crippen LogP contribution in [0.3, 0.4) is 0 Å². The molecule has 0 spiro atoms. The number of fused-ring (bicyclic) bond motifs is 4. The van der Waals surface area contributed by atoms with Crippen molar-refractivity contribution in [3.05, 3.63) is 233 Å². The van der Waals surface area contributed by atoms with Crippen molar-refractivity contribution >= 4 is 45.0 Å². The maximum Gasteiger partial charge on any atom is 0.268 e. The van der Waals surface area contributed by atoms with Crippen molar-refractivity contribution < 1.29 is 9.59 Å². The molecular weight excluding hydrogens is 809 g/mol. The van der Waals surface area contributed by atoms with Gasteiger partial charge in [0.2, 0.25) is 0 Å². The SMILES string of the molecule is [C-]#[N+]c1ccc(-c2cccc3c2c2c(-c4ccc(C#N)cc4C)cccc2n3-c2cccc3c2C(=O)N(c2c(-c4ccccc4)cc(-c4ccccc4)cc2-c2ccccc2)C3=O)c(C)c1. The number of aromatic nitrogens is 1. The third-order valence-electron chi connectivity index (χ3n) is 12.8. The van der Waals surface area contributed by atoms with Crippen LogP contribution in [-0.4, -0.2) is 16.4 Å². The molecule has 310 valence electrons. The highest BCUT2D eigenvalue weighted by molar-refractivity contribution is 6.37. The minimum absolute atomic E-state index is 0.314. The molecule has 9 aromatic carbocycles. The van der Waals surface area contributed by atoms with Gasteiger partial charge in [0.25, 0.3) is 11.8 Å². The third kappa shape index (κ3) is 6.32. The molecule has 6 nitrogen and oxygen atoms in total. The second kappa shape index (κ2) is 15.9. The Morgan fingerprint density at radius 1 is 0.470 bits per heavy atom. The van der Waals surface area contributed by atoms with Crippen molar-refractivity contribution in [2.45, 2.75) is 13.8 Å². The molecule has 0 fully saturated rings. The highest BCUT2D eigenvalue weighted by Crippen LogP contribution is 2.49. The Morgan fingerprint density at radius 3 is 1.52 bits per heavy atom. The van der Waals surface area contributed by atoms with Crippen LogP contribution in [0, 0.1) is 31.8 Å². The van der Waals surface area contributed by atoms with Gasteiger partial charge in [0.15, 0.2) is 5.69 Å². The number of anilines is 1. The van der Waals surface area contributed by atoms with E-state index in [1.54, 1.807) is 6.07 Å². The van der Waals surface area contributed by atoms with E-state index < -0.39 is 11.8 Å². The smallest absolute Gasteiger partial charge is 0.268 e. The lowest BCUT2D eigenvalue weighted by Gasteiger charge is -2.24. The first-order valence-corrected chi connectivity index (χ1v) is 21.8. The highest BCUT2D eigenvalue weighted by atomic mass is 16.2. The number of benzene rings is 9. The van der Waals surface area contributed by atoms with Crippen LogP contribution in [-0.2, 0) is 0 Å². The van der Waals surface area contributed by atoms with Gasteiger partial charge in [0.1, 0.15) is 0 Å². The Hall–Kier alpha value is -9.10. The number of hydrogen-bond acceptors (Lipinski definition) is 3. The summed E-state index contributed by atoms with van der Waals surface area (Å²) in [5.74, 6) is -0.812. The van der Waals surface area contributed by atoms with Crippen LogP contribution >= 0.6 is 0 Å². The van der Waals surface area contributed by atoms with Crippen molar-refractivity contribution in [2.24, 2.45) is 0 Å². The quantitative estimate of drug-likeness (QED) is 0.118. The number of rotatable bonds is 7. The van der Waals surface area contributed by atoms with Crippen molar-refractivity contribution in [2.75, 3.05) is 4.90 Å². The molecule has 1 aromatic heterocycles. The molecule has 0 saturated carbocycles. The normalized spacial score (nSPS) is 12.1. The molecule has 0 unspecified atom stereocenters. The average Bonchev–Trinajstić information content (AvgIpc) is 3.84. The van der Waals surface area contributed by atoms with Gasteiger partial charge in [0.05, 0.1) is 51.7 Å². The first-order valence-electron chi connectivity index (χ1n) is 21.8. The van der Waals surface area contributed by atoms with Crippen molar-refractivity contribution in [3.8, 4) is 67.4 Å². The maximum atomic E-state index is 15.7. The number of nitrogens with zero attached hydrogens (tertiary/aromatic N) is 4. The van der Waals surface area contributed by atoms with Crippen LogP contribution in [0.15, 0.2) is 194 Å². The molecule has 10 aromatic rings. The number of imide groups is 1. The first-order chi connectivity index (χ1) is 32.3. The second-order valence-electron chi connectivity index (χ2n) is 16.7. The van der Waals surface area contributed by atoms with E-state index in [-0.39, 0.29) is 0 Å². The Balaban J connectivity index is 1.19. The predicted molar refractivity (Wildman–Crippen MR) is 266 cm³/mol. The summed E-state index contributed by atoms with van der Waals surface area (Å²) in [6.07, 6.45) is 0. The number of carbonyl (C=O) groups excluding carboxylic acids is 2. The lowest BCUT2D eigenvalue weighted by atomic mass is 9.90. The number of amides is 2. The fraction of sp³-hybridized carbons (Fsp3) is 0.0333. The molecule has 1 aliphatic rings. The third-order valence-corrected chi connectivity index (χ3v) is 12.8. The average molecular weight is 847 g/mol. The van der Waals surface area contributed by atoms with Crippen LogP contribution in [0.2, 0.25) is 0 Å². The van der Waals surface area contributed by atoms with Gasteiger partial charge in [0, 0.05) is 21.9 Å². The monoisotopic (exact) mass is 846 g/mol. The topological polar surface area (TPSA) is 70.5 Å². The van der Waals surface area contributed by atoms with Gasteiger partial charge in [-0.05, 0) is 112 Å². The second-order valence-corrected chi connectivity index (χ2v) is 16.7. The predicted octanol–water partition coefficient (Wildman–Crippen LogP) is 15.0. The number of nitriles is 1. The molecule has 0 radical (unpaired) electrons. The van der Waals surface area contributed by atoms with Gasteiger partial charge in [-0.3, -0.25) is 9.59 Å². The van der Waals surface area contributed by atoms with Crippen LogP contribution < -0.4 is 4.90 Å². The van der Waals surface area contributed by atoms with E-state index in [0.29, 0.717) is 33.8 Å². The van der Waals surface area contributed by atoms with Gasteiger partial charge in [-0.1, -0.05) is 151 Å². The van der Waals surface area contributed by atoms with Crippen molar-refractivity contribution in [3.63, 3.8) is 0 Å². The molecule has 66 heavy (non-hydrogen) atoms. The molecule has 2 heterocycles. The summed E-state index contributed by atoms with van der Waals surface area (Å²) in [5, 5.41) is 11.7. The maximum absolute atomic E-state index is 15.7. The Morgan fingerprint density at radius 2 is 0.985 bits per heavy atom. The van der Waals surface area contributed by atoms with Gasteiger partial charge < -0.3 is 4.57 Å². The van der Waals surface area contributed by atoms with E-state index in [4.69, 9.17) is 6.57 Å². The van der Waals surface area contributed by atoms with E-state index in [0.717, 1.165) is 88.6 Å². The summed E-state index contributed by atoms with van der Waals surface area (Å²) < 4.78 is 2.13. The zero-order valence-electron chi connectivity index (χ0n) is 36.1. The highest BCUT2D eigenvalue weighted by Gasteiger charge is 2.42. The van der Waals surface area contributed by atoms with Crippen LogP contribution in [0.1, 0.15) is 37.4 Å². The zero-order valence-corrected chi connectivity index (χ0v) is 36.1. The molecule has 6 heteroatoms. The molecule has 0 bridgehead atoms. The molecular formula is C60H38N4O2. The standard InChI is InChI=1S/C60H38N4O2/c1-37-32-39(36-61)28-30-45(37)47-22-13-25-52-55(47)56-48(46-31-29-44(62-3)33-38(46)2)23-14-26-53(56)63(52)54-27-15-24-49-57(54)60(66)64(59(49)65)58-50(41-18-9-5-10-19-41)34-43(40-16-7-4-8-17-40)35-51(58)42-20-11-6-12-21-42/h4-35H,1-2H3. The van der Waals surface area contributed by atoms with Crippen LogP contribution in [0.4, 0.5) is 11.4 Å². The minimum atomic E-state index is -0.414. The first kappa shape index (κ1) is 39.7. The Bertz CT molecular complexity index is 3540. The fourth-order valence-electron chi connectivity index (χ4n) is 9.88.